The van der Waals surface area contributed by atoms with Crippen molar-refractivity contribution in [3.63, 3.8) is 0 Å². The first kappa shape index (κ1) is 13.5. The number of nitrogens with one attached hydrogen (secondary N) is 1. The molecule has 100 valence electrons. The zero-order chi connectivity index (χ0) is 13.8. The third-order valence-electron chi connectivity index (χ3n) is 2.97. The van der Waals surface area contributed by atoms with Crippen LogP contribution in [0, 0.1) is 5.82 Å². The zero-order valence-corrected chi connectivity index (χ0v) is 11.6. The lowest BCUT2D eigenvalue weighted by Gasteiger charge is -2.24. The SMILES string of the molecule is C[C@@H](c1cccs1)N(C)C(=O)Nc1ccccc1F. The molecule has 0 spiro atoms. The van der Waals surface area contributed by atoms with E-state index in [1.165, 1.54) is 12.1 Å². The van der Waals surface area contributed by atoms with Gasteiger partial charge >= 0.3 is 6.03 Å². The predicted molar refractivity (Wildman–Crippen MR) is 75.9 cm³/mol. The number of para-hydroxylation sites is 1. The summed E-state index contributed by atoms with van der Waals surface area (Å²) >= 11 is 1.59. The van der Waals surface area contributed by atoms with Crippen molar-refractivity contribution in [3.05, 3.63) is 52.5 Å². The number of anilines is 1. The van der Waals surface area contributed by atoms with Crippen LogP contribution in [-0.2, 0) is 0 Å². The topological polar surface area (TPSA) is 32.3 Å². The average Bonchev–Trinajstić information content (AvgIpc) is 2.93. The maximum atomic E-state index is 13.5. The number of benzene rings is 1. The van der Waals surface area contributed by atoms with E-state index in [0.29, 0.717) is 0 Å². The summed E-state index contributed by atoms with van der Waals surface area (Å²) in [4.78, 5) is 14.7. The van der Waals surface area contributed by atoms with Crippen molar-refractivity contribution in [1.29, 1.82) is 0 Å². The molecule has 0 saturated carbocycles. The molecule has 1 N–H and O–H groups in total. The van der Waals surface area contributed by atoms with Crippen LogP contribution in [0.15, 0.2) is 41.8 Å². The fourth-order valence-electron chi connectivity index (χ4n) is 1.66. The molecule has 0 unspecified atom stereocenters. The van der Waals surface area contributed by atoms with Crippen molar-refractivity contribution in [1.82, 2.24) is 4.90 Å². The highest BCUT2D eigenvalue weighted by molar-refractivity contribution is 7.10. The van der Waals surface area contributed by atoms with Crippen LogP contribution in [0.1, 0.15) is 17.8 Å². The highest BCUT2D eigenvalue weighted by Crippen LogP contribution is 2.24. The molecule has 1 atom stereocenters. The molecule has 3 nitrogen and oxygen atoms in total. The lowest BCUT2D eigenvalue weighted by atomic mass is 10.2. The van der Waals surface area contributed by atoms with E-state index in [2.05, 4.69) is 5.32 Å². The number of hydrogen-bond acceptors (Lipinski definition) is 2. The molecular formula is C14H15FN2OS. The lowest BCUT2D eigenvalue weighted by molar-refractivity contribution is 0.209. The van der Waals surface area contributed by atoms with E-state index in [1.54, 1.807) is 35.4 Å². The zero-order valence-electron chi connectivity index (χ0n) is 10.8. The monoisotopic (exact) mass is 278 g/mol. The number of hydrogen-bond donors (Lipinski definition) is 1. The van der Waals surface area contributed by atoms with Gasteiger partial charge in [0.15, 0.2) is 0 Å². The molecule has 0 radical (unpaired) electrons. The van der Waals surface area contributed by atoms with E-state index in [0.717, 1.165) is 4.88 Å². The number of thiophene rings is 1. The highest BCUT2D eigenvalue weighted by Gasteiger charge is 2.18. The second-order valence-electron chi connectivity index (χ2n) is 4.21. The van der Waals surface area contributed by atoms with Gasteiger partial charge in [0.05, 0.1) is 11.7 Å². The van der Waals surface area contributed by atoms with Gasteiger partial charge in [-0.15, -0.1) is 11.3 Å². The molecule has 0 aliphatic rings. The molecule has 5 heteroatoms. The number of urea groups is 1. The van der Waals surface area contributed by atoms with Gasteiger partial charge in [-0.2, -0.15) is 0 Å². The minimum absolute atomic E-state index is 0.0493. The minimum Gasteiger partial charge on any atom is -0.320 e. The number of amides is 2. The van der Waals surface area contributed by atoms with Crippen molar-refractivity contribution >= 4 is 23.1 Å². The first-order valence-electron chi connectivity index (χ1n) is 5.91. The largest absolute Gasteiger partial charge is 0.322 e. The van der Waals surface area contributed by atoms with Crippen molar-refractivity contribution in [3.8, 4) is 0 Å². The summed E-state index contributed by atoms with van der Waals surface area (Å²) in [6.45, 7) is 1.94. The Morgan fingerprint density at radius 3 is 2.68 bits per heavy atom. The molecule has 2 amide bonds. The number of nitrogens with zero attached hydrogens (tertiary/aromatic N) is 1. The standard InChI is InChI=1S/C14H15FN2OS/c1-10(13-8-5-9-19-13)17(2)14(18)16-12-7-4-3-6-11(12)15/h3-10H,1-2H3,(H,16,18)/t10-/m0/s1. The van der Waals surface area contributed by atoms with Crippen LogP contribution >= 0.6 is 11.3 Å². The van der Waals surface area contributed by atoms with Crippen molar-refractivity contribution < 1.29 is 9.18 Å². The number of carbonyl (C=O) groups is 1. The molecule has 2 rings (SSSR count). The first-order valence-corrected chi connectivity index (χ1v) is 6.79. The summed E-state index contributed by atoms with van der Waals surface area (Å²) in [5.41, 5.74) is 0.192. The van der Waals surface area contributed by atoms with Crippen LogP contribution in [-0.4, -0.2) is 18.0 Å². The van der Waals surface area contributed by atoms with Gasteiger partial charge < -0.3 is 10.2 Å². The van der Waals surface area contributed by atoms with E-state index >= 15 is 0 Å². The Kier molecular flexibility index (Phi) is 4.16. The summed E-state index contributed by atoms with van der Waals surface area (Å²) in [5, 5.41) is 4.54. The van der Waals surface area contributed by atoms with Crippen LogP contribution in [0.3, 0.4) is 0 Å². The van der Waals surface area contributed by atoms with Crippen LogP contribution in [0.5, 0.6) is 0 Å². The number of rotatable bonds is 3. The fourth-order valence-corrected chi connectivity index (χ4v) is 2.49. The highest BCUT2D eigenvalue weighted by atomic mass is 32.1. The van der Waals surface area contributed by atoms with Crippen molar-refractivity contribution in [2.45, 2.75) is 13.0 Å². The van der Waals surface area contributed by atoms with E-state index < -0.39 is 5.82 Å². The third-order valence-corrected chi connectivity index (χ3v) is 4.01. The quantitative estimate of drug-likeness (QED) is 0.900. The average molecular weight is 278 g/mol. The Labute approximate surface area is 115 Å². The van der Waals surface area contributed by atoms with Gasteiger partial charge in [-0.1, -0.05) is 18.2 Å². The van der Waals surface area contributed by atoms with Crippen LogP contribution in [0.25, 0.3) is 0 Å². The maximum absolute atomic E-state index is 13.5. The first-order chi connectivity index (χ1) is 9.09. The smallest absolute Gasteiger partial charge is 0.320 e. The minimum atomic E-state index is -0.437. The van der Waals surface area contributed by atoms with Crippen LogP contribution < -0.4 is 5.32 Å². The summed E-state index contributed by atoms with van der Waals surface area (Å²) in [6.07, 6.45) is 0. The molecule has 0 saturated heterocycles. The van der Waals surface area contributed by atoms with E-state index in [9.17, 15) is 9.18 Å². The number of carbonyl (C=O) groups excluding carboxylic acids is 1. The molecule has 0 aliphatic heterocycles. The van der Waals surface area contributed by atoms with Crippen LogP contribution in [0.2, 0.25) is 0 Å². The normalized spacial score (nSPS) is 11.9. The second-order valence-corrected chi connectivity index (χ2v) is 5.19. The van der Waals surface area contributed by atoms with Crippen molar-refractivity contribution in [2.24, 2.45) is 0 Å². The second kappa shape index (κ2) is 5.84. The Morgan fingerprint density at radius 2 is 2.05 bits per heavy atom. The van der Waals surface area contributed by atoms with E-state index in [4.69, 9.17) is 0 Å². The van der Waals surface area contributed by atoms with Crippen molar-refractivity contribution in [2.75, 3.05) is 12.4 Å². The molecular weight excluding hydrogens is 263 g/mol. The molecule has 2 aromatic rings. The van der Waals surface area contributed by atoms with Crippen LogP contribution in [0.4, 0.5) is 14.9 Å². The molecule has 0 aliphatic carbocycles. The fraction of sp³-hybridized carbons (Fsp3) is 0.214. The summed E-state index contributed by atoms with van der Waals surface area (Å²) in [7, 11) is 1.70. The van der Waals surface area contributed by atoms with E-state index in [-0.39, 0.29) is 17.8 Å². The Balaban J connectivity index is 2.06. The van der Waals surface area contributed by atoms with Gasteiger partial charge in [0.2, 0.25) is 0 Å². The van der Waals surface area contributed by atoms with Gasteiger partial charge in [0.25, 0.3) is 0 Å². The molecule has 0 fully saturated rings. The van der Waals surface area contributed by atoms with Gasteiger partial charge in [-0.05, 0) is 30.5 Å². The van der Waals surface area contributed by atoms with Gasteiger partial charge in [0.1, 0.15) is 5.82 Å². The lowest BCUT2D eigenvalue weighted by Crippen LogP contribution is -2.33. The number of halogens is 1. The van der Waals surface area contributed by atoms with Gasteiger partial charge in [-0.3, -0.25) is 0 Å². The molecule has 1 aromatic heterocycles. The summed E-state index contributed by atoms with van der Waals surface area (Å²) < 4.78 is 13.5. The Morgan fingerprint density at radius 1 is 1.32 bits per heavy atom. The molecule has 0 bridgehead atoms. The summed E-state index contributed by atoms with van der Waals surface area (Å²) in [6, 6.07) is 9.67. The Hall–Kier alpha value is -1.88. The molecule has 1 aromatic carbocycles. The van der Waals surface area contributed by atoms with Gasteiger partial charge in [0, 0.05) is 11.9 Å². The maximum Gasteiger partial charge on any atom is 0.322 e. The van der Waals surface area contributed by atoms with E-state index in [1.807, 2.05) is 24.4 Å². The molecule has 1 heterocycles. The third kappa shape index (κ3) is 3.12. The summed E-state index contributed by atoms with van der Waals surface area (Å²) in [5.74, 6) is -0.437. The molecule has 19 heavy (non-hydrogen) atoms. The Bertz CT molecular complexity index is 556. The van der Waals surface area contributed by atoms with Gasteiger partial charge in [-0.25, -0.2) is 9.18 Å². The predicted octanol–water partition coefficient (Wildman–Crippen LogP) is 4.11.